The van der Waals surface area contributed by atoms with E-state index in [1.54, 1.807) is 114 Å². The SMILES string of the molecule is CC1=C(C)C(=O)C(C(C)(C)CC(=O)N(C)CCN(C)C(=O)Oc2ccc3c(c2)Oc2cc(OC(=O)N(C)CCN(C)C(=O)CC(C)(C)C4=C(C)C(=O)C(C)=C(C)C4=O)ccc2C32OC(=O)c3ccc(C(=O)NCCCP(c4ccccc4)c4ccccc4)cc32)=C(C)C1=O. The van der Waals surface area contributed by atoms with Gasteiger partial charge >= 0.3 is 18.2 Å². The van der Waals surface area contributed by atoms with Crippen molar-refractivity contribution in [3.05, 3.63) is 188 Å². The number of carbonyl (C=O) groups is 10. The highest BCUT2D eigenvalue weighted by molar-refractivity contribution is 7.73. The smallest absolute Gasteiger partial charge is 0.415 e. The van der Waals surface area contributed by atoms with Crippen molar-refractivity contribution in [1.82, 2.24) is 24.9 Å². The Labute approximate surface area is 549 Å². The van der Waals surface area contributed by atoms with E-state index in [4.69, 9.17) is 18.9 Å². The van der Waals surface area contributed by atoms with Crippen molar-refractivity contribution in [3.63, 3.8) is 0 Å². The van der Waals surface area contributed by atoms with Crippen LogP contribution in [0, 0.1) is 10.8 Å². The van der Waals surface area contributed by atoms with Gasteiger partial charge in [-0.3, -0.25) is 33.6 Å². The molecule has 5 aromatic rings. The minimum Gasteiger partial charge on any atom is -0.456 e. The molecule has 0 bridgehead atoms. The van der Waals surface area contributed by atoms with E-state index >= 15 is 0 Å². The Balaban J connectivity index is 0.929. The molecule has 94 heavy (non-hydrogen) atoms. The number of nitrogens with zero attached hydrogens (tertiary/aromatic N) is 4. The molecule has 0 radical (unpaired) electrons. The maximum atomic E-state index is 14.2. The van der Waals surface area contributed by atoms with Gasteiger partial charge in [-0.15, -0.1) is 0 Å². The zero-order valence-electron chi connectivity index (χ0n) is 55.8. The van der Waals surface area contributed by atoms with E-state index in [-0.39, 0.29) is 114 Å². The third kappa shape index (κ3) is 13.7. The number of ketones is 4. The van der Waals surface area contributed by atoms with Crippen LogP contribution in [0.5, 0.6) is 23.0 Å². The van der Waals surface area contributed by atoms with Gasteiger partial charge in [0.2, 0.25) is 11.8 Å². The zero-order chi connectivity index (χ0) is 68.5. The molecular formula is C74H80N5O14P. The first-order valence-electron chi connectivity index (χ1n) is 31.2. The number of hydrogen-bond donors (Lipinski definition) is 1. The highest BCUT2D eigenvalue weighted by Crippen LogP contribution is 2.57. The number of hydrogen-bond acceptors (Lipinski definition) is 14. The van der Waals surface area contributed by atoms with Crippen LogP contribution in [-0.4, -0.2) is 146 Å². The molecule has 1 spiro atoms. The monoisotopic (exact) mass is 1290 g/mol. The second-order valence-electron chi connectivity index (χ2n) is 25.8. The summed E-state index contributed by atoms with van der Waals surface area (Å²) in [6.07, 6.45) is -0.226. The van der Waals surface area contributed by atoms with Crippen molar-refractivity contribution < 1.29 is 66.9 Å². The Morgan fingerprint density at radius 1 is 0.500 bits per heavy atom. The summed E-state index contributed by atoms with van der Waals surface area (Å²) in [6, 6.07) is 34.5. The molecule has 4 aliphatic rings. The van der Waals surface area contributed by atoms with E-state index in [0.29, 0.717) is 74.2 Å². The van der Waals surface area contributed by atoms with E-state index in [1.165, 1.54) is 68.6 Å². The second-order valence-corrected chi connectivity index (χ2v) is 28.2. The van der Waals surface area contributed by atoms with Crippen LogP contribution < -0.4 is 30.1 Å². The van der Waals surface area contributed by atoms with Gasteiger partial charge in [0.15, 0.2) is 28.7 Å². The van der Waals surface area contributed by atoms with Crippen molar-refractivity contribution >= 4 is 77.5 Å². The molecule has 0 aromatic heterocycles. The molecule has 0 atom stereocenters. The van der Waals surface area contributed by atoms with Crippen molar-refractivity contribution in [2.75, 3.05) is 67.1 Å². The Kier molecular flexibility index (Phi) is 20.1. The molecule has 0 fully saturated rings. The van der Waals surface area contributed by atoms with Gasteiger partial charge in [-0.2, -0.15) is 0 Å². The van der Waals surface area contributed by atoms with Crippen molar-refractivity contribution in [3.8, 4) is 23.0 Å². The predicted octanol–water partition coefficient (Wildman–Crippen LogP) is 10.7. The third-order valence-corrected chi connectivity index (χ3v) is 20.9. The quantitative estimate of drug-likeness (QED) is 0.0312. The van der Waals surface area contributed by atoms with Crippen LogP contribution in [0.25, 0.3) is 0 Å². The third-order valence-electron chi connectivity index (χ3n) is 18.3. The molecule has 20 heteroatoms. The number of carbonyl (C=O) groups excluding carboxylic acids is 10. The molecule has 0 saturated heterocycles. The Hall–Kier alpha value is -9.61. The lowest BCUT2D eigenvalue weighted by molar-refractivity contribution is -0.132. The molecule has 0 unspecified atom stereocenters. The molecule has 0 saturated carbocycles. The molecule has 5 amide bonds. The summed E-state index contributed by atoms with van der Waals surface area (Å²) in [5.41, 5.74) is 0.431. The number of ether oxygens (including phenoxy) is 4. The standard InChI is InChI=1S/C74H80N5O14P/c1-43-45(3)66(84)62(47(5)64(43)82)72(7,8)41-60(80)76(11)33-35-78(13)70(88)90-50-27-30-55-58(39-50)92-59-40-51(91-71(89)79(14)36-34-77(12)61(81)42-73(9,10)63-48(6)65(83)44(2)46(4)67(63)85)28-31-56(59)74(55)57-38-49(26-29-54(57)69(87)93-74)68(86)75-32-21-37-94(52-22-17-15-18-23-52)53-24-19-16-20-25-53/h15-20,22-31,38-40H,21,32-37,41-42H2,1-14H3,(H,75,86). The van der Waals surface area contributed by atoms with Crippen LogP contribution in [0.2, 0.25) is 0 Å². The topological polar surface area (TPSA) is 233 Å². The van der Waals surface area contributed by atoms with E-state index < -0.39 is 42.5 Å². The largest absolute Gasteiger partial charge is 0.456 e. The fourth-order valence-corrected chi connectivity index (χ4v) is 14.9. The molecule has 2 heterocycles. The molecular weight excluding hydrogens is 1210 g/mol. The van der Waals surface area contributed by atoms with Gasteiger partial charge in [0, 0.05) is 164 Å². The summed E-state index contributed by atoms with van der Waals surface area (Å²) < 4.78 is 24.9. The van der Waals surface area contributed by atoms with E-state index in [0.717, 1.165) is 6.16 Å². The second kappa shape index (κ2) is 27.5. The van der Waals surface area contributed by atoms with Gasteiger partial charge in [-0.25, -0.2) is 14.4 Å². The molecule has 9 rings (SSSR count). The average molecular weight is 1290 g/mol. The maximum Gasteiger partial charge on any atom is 0.415 e. The summed E-state index contributed by atoms with van der Waals surface area (Å²) in [4.78, 5) is 142. The first kappa shape index (κ1) is 68.7. The molecule has 2 aliphatic heterocycles. The van der Waals surface area contributed by atoms with Crippen LogP contribution in [0.4, 0.5) is 9.59 Å². The number of nitrogens with one attached hydrogen (secondary N) is 1. The summed E-state index contributed by atoms with van der Waals surface area (Å²) in [5, 5.41) is 5.54. The highest BCUT2D eigenvalue weighted by Gasteiger charge is 2.54. The number of allylic oxidation sites excluding steroid dienone is 8. The number of esters is 1. The molecule has 490 valence electrons. The average Bonchev–Trinajstić information content (AvgIpc) is 1.47. The van der Waals surface area contributed by atoms with Crippen LogP contribution in [0.3, 0.4) is 0 Å². The maximum absolute atomic E-state index is 14.2. The van der Waals surface area contributed by atoms with Crippen LogP contribution >= 0.6 is 7.92 Å². The lowest BCUT2D eigenvalue weighted by Gasteiger charge is -2.36. The summed E-state index contributed by atoms with van der Waals surface area (Å²) in [6.45, 7) is 17.3. The zero-order valence-corrected chi connectivity index (χ0v) is 56.7. The molecule has 5 aromatic carbocycles. The predicted molar refractivity (Wildman–Crippen MR) is 357 cm³/mol. The first-order valence-corrected chi connectivity index (χ1v) is 32.7. The minimum atomic E-state index is -1.75. The Morgan fingerprint density at radius 2 is 0.915 bits per heavy atom. The lowest BCUT2D eigenvalue weighted by Crippen LogP contribution is -2.40. The highest BCUT2D eigenvalue weighted by atomic mass is 31.1. The first-order chi connectivity index (χ1) is 44.4. The van der Waals surface area contributed by atoms with Gasteiger partial charge in [-0.05, 0) is 115 Å². The number of amides is 5. The normalized spacial score (nSPS) is 15.2. The van der Waals surface area contributed by atoms with Gasteiger partial charge in [-0.1, -0.05) is 88.4 Å². The minimum absolute atomic E-state index is 0.0273. The summed E-state index contributed by atoms with van der Waals surface area (Å²) in [7, 11) is 5.47. The Bertz CT molecular complexity index is 3910. The number of fused-ring (bicyclic) bond motifs is 6. The van der Waals surface area contributed by atoms with Crippen molar-refractivity contribution in [1.29, 1.82) is 0 Å². The fourth-order valence-electron chi connectivity index (χ4n) is 12.5. The van der Waals surface area contributed by atoms with E-state index in [1.807, 2.05) is 36.4 Å². The number of likely N-dealkylation sites (N-methyl/N-ethyl adjacent to an activating group) is 4. The lowest BCUT2D eigenvalue weighted by atomic mass is 9.71. The van der Waals surface area contributed by atoms with Crippen molar-refractivity contribution in [2.45, 2.75) is 94.1 Å². The number of benzene rings is 5. The van der Waals surface area contributed by atoms with Gasteiger partial charge < -0.3 is 43.9 Å². The molecule has 2 aliphatic carbocycles. The van der Waals surface area contributed by atoms with E-state index in [9.17, 15) is 47.9 Å². The van der Waals surface area contributed by atoms with Crippen LogP contribution in [0.1, 0.15) is 126 Å². The fraction of sp³-hybridized carbons (Fsp3) is 0.351. The van der Waals surface area contributed by atoms with Crippen LogP contribution in [-0.2, 0) is 39.1 Å². The molecule has 1 N–H and O–H groups in total. The van der Waals surface area contributed by atoms with Gasteiger partial charge in [0.1, 0.15) is 23.0 Å². The van der Waals surface area contributed by atoms with Crippen LogP contribution in [0.15, 0.2) is 160 Å². The van der Waals surface area contributed by atoms with Crippen molar-refractivity contribution in [2.24, 2.45) is 10.8 Å². The van der Waals surface area contributed by atoms with Gasteiger partial charge in [0.25, 0.3) is 5.91 Å². The van der Waals surface area contributed by atoms with E-state index in [2.05, 4.69) is 29.6 Å². The summed E-state index contributed by atoms with van der Waals surface area (Å²) in [5.74, 6) is -2.43. The molecule has 19 nitrogen and oxygen atoms in total. The number of rotatable bonds is 21. The number of Topliss-reactive ketones (excluding diaryl/α,β-unsaturated/α-hetero) is 4. The summed E-state index contributed by atoms with van der Waals surface area (Å²) >= 11 is 0. The Morgan fingerprint density at radius 3 is 1.35 bits per heavy atom. The van der Waals surface area contributed by atoms with Gasteiger partial charge in [0.05, 0.1) is 5.56 Å².